The standard InChI is InChI=1S/C36H27N3O2S2/c40-35(24-9-2-1-3-10-24)25-16-19-27(20-17-25)39-32-14-6-4-11-28(32)29-23-26(18-21-33(29)39)30(38-41)13-8-22-42-36-37-31-12-5-7-15-34(31)43-36/h1-7,9-12,14-21,23,41H,8,13,22H2/b38-30+. The van der Waals surface area contributed by atoms with Crippen LogP contribution in [0.1, 0.15) is 34.3 Å². The second-order valence-corrected chi connectivity index (χ2v) is 12.6. The van der Waals surface area contributed by atoms with Gasteiger partial charge >= 0.3 is 0 Å². The monoisotopic (exact) mass is 597 g/mol. The van der Waals surface area contributed by atoms with E-state index in [1.54, 1.807) is 23.1 Å². The molecule has 0 saturated carbocycles. The third-order valence-corrected chi connectivity index (χ3v) is 9.87. The third kappa shape index (κ3) is 5.33. The van der Waals surface area contributed by atoms with Crippen LogP contribution in [0, 0.1) is 0 Å². The van der Waals surface area contributed by atoms with E-state index in [-0.39, 0.29) is 5.78 Å². The van der Waals surface area contributed by atoms with E-state index in [0.29, 0.717) is 23.3 Å². The van der Waals surface area contributed by atoms with Gasteiger partial charge < -0.3 is 9.77 Å². The zero-order chi connectivity index (χ0) is 29.2. The van der Waals surface area contributed by atoms with Crippen LogP contribution in [-0.4, -0.2) is 32.0 Å². The van der Waals surface area contributed by atoms with Gasteiger partial charge in [-0.15, -0.1) is 11.3 Å². The minimum atomic E-state index is 0.00770. The van der Waals surface area contributed by atoms with Crippen LogP contribution in [0.25, 0.3) is 37.7 Å². The molecule has 0 aliphatic heterocycles. The Balaban J connectivity index is 1.13. The molecule has 7 aromatic rings. The van der Waals surface area contributed by atoms with Crippen molar-refractivity contribution >= 4 is 66.6 Å². The Morgan fingerprint density at radius 2 is 1.47 bits per heavy atom. The maximum Gasteiger partial charge on any atom is 0.193 e. The summed E-state index contributed by atoms with van der Waals surface area (Å²) in [6.07, 6.45) is 1.53. The van der Waals surface area contributed by atoms with Crippen LogP contribution in [-0.2, 0) is 0 Å². The topological polar surface area (TPSA) is 67.5 Å². The number of hydrogen-bond acceptors (Lipinski definition) is 6. The molecule has 210 valence electrons. The van der Waals surface area contributed by atoms with E-state index in [0.717, 1.165) is 55.1 Å². The van der Waals surface area contributed by atoms with Crippen molar-refractivity contribution in [3.8, 4) is 5.69 Å². The van der Waals surface area contributed by atoms with Gasteiger partial charge in [-0.3, -0.25) is 4.79 Å². The SMILES string of the molecule is O=C(c1ccccc1)c1ccc(-n2c3ccccc3c3cc(/C(CCCSc4nc5ccccc5s4)=N/O)ccc32)cc1. The lowest BCUT2D eigenvalue weighted by atomic mass is 10.0. The van der Waals surface area contributed by atoms with Gasteiger partial charge in [-0.25, -0.2) is 4.98 Å². The molecule has 0 saturated heterocycles. The molecule has 2 heterocycles. The van der Waals surface area contributed by atoms with E-state index in [2.05, 4.69) is 40.1 Å². The number of ketones is 1. The van der Waals surface area contributed by atoms with Gasteiger partial charge in [0.1, 0.15) is 0 Å². The summed E-state index contributed by atoms with van der Waals surface area (Å²) < 4.78 is 4.48. The number of carbonyl (C=O) groups excluding carboxylic acids is 1. The Bertz CT molecular complexity index is 2080. The number of para-hydroxylation sites is 2. The number of oxime groups is 1. The van der Waals surface area contributed by atoms with Crippen LogP contribution < -0.4 is 0 Å². The average Bonchev–Trinajstić information content (AvgIpc) is 3.63. The van der Waals surface area contributed by atoms with Crippen LogP contribution in [0.15, 0.2) is 131 Å². The normalized spacial score (nSPS) is 12.0. The molecule has 7 rings (SSSR count). The number of thiazole rings is 1. The van der Waals surface area contributed by atoms with Gasteiger partial charge in [0.05, 0.1) is 27.0 Å². The minimum absolute atomic E-state index is 0.00770. The second kappa shape index (κ2) is 11.9. The lowest BCUT2D eigenvalue weighted by Crippen LogP contribution is -2.03. The number of nitrogens with zero attached hydrogens (tertiary/aromatic N) is 3. The summed E-state index contributed by atoms with van der Waals surface area (Å²) in [4.78, 5) is 17.7. The first kappa shape index (κ1) is 27.1. The van der Waals surface area contributed by atoms with Gasteiger partial charge in [-0.1, -0.05) is 83.6 Å². The van der Waals surface area contributed by atoms with E-state index in [9.17, 15) is 10.0 Å². The Labute approximate surface area is 257 Å². The van der Waals surface area contributed by atoms with E-state index in [1.165, 1.54) is 4.70 Å². The van der Waals surface area contributed by atoms with Gasteiger partial charge in [-0.05, 0) is 67.4 Å². The quantitative estimate of drug-likeness (QED) is 0.0450. The predicted octanol–water partition coefficient (Wildman–Crippen LogP) is 9.38. The Hall–Kier alpha value is -4.72. The zero-order valence-electron chi connectivity index (χ0n) is 23.2. The molecule has 5 aromatic carbocycles. The molecule has 0 fully saturated rings. The summed E-state index contributed by atoms with van der Waals surface area (Å²) in [6, 6.07) is 39.9. The molecule has 7 heteroatoms. The Kier molecular flexibility index (Phi) is 7.49. The van der Waals surface area contributed by atoms with E-state index in [1.807, 2.05) is 91.0 Å². The van der Waals surface area contributed by atoms with E-state index >= 15 is 0 Å². The average molecular weight is 598 g/mol. The van der Waals surface area contributed by atoms with Gasteiger partial charge in [0.15, 0.2) is 10.1 Å². The van der Waals surface area contributed by atoms with Crippen molar-refractivity contribution in [2.75, 3.05) is 5.75 Å². The Morgan fingerprint density at radius 1 is 0.767 bits per heavy atom. The summed E-state index contributed by atoms with van der Waals surface area (Å²) in [7, 11) is 0. The number of thioether (sulfide) groups is 1. The largest absolute Gasteiger partial charge is 0.411 e. The summed E-state index contributed by atoms with van der Waals surface area (Å²) in [5, 5.41) is 15.9. The lowest BCUT2D eigenvalue weighted by Gasteiger charge is -2.10. The van der Waals surface area contributed by atoms with Crippen LogP contribution in [0.2, 0.25) is 0 Å². The van der Waals surface area contributed by atoms with Crippen molar-refractivity contribution in [2.45, 2.75) is 17.2 Å². The summed E-state index contributed by atoms with van der Waals surface area (Å²) >= 11 is 3.46. The molecule has 0 aliphatic rings. The summed E-state index contributed by atoms with van der Waals surface area (Å²) in [5.74, 6) is 0.900. The van der Waals surface area contributed by atoms with Crippen molar-refractivity contribution in [2.24, 2.45) is 5.16 Å². The van der Waals surface area contributed by atoms with Crippen molar-refractivity contribution in [1.29, 1.82) is 0 Å². The predicted molar refractivity (Wildman–Crippen MR) is 179 cm³/mol. The van der Waals surface area contributed by atoms with Gasteiger partial charge in [0.25, 0.3) is 0 Å². The first-order valence-corrected chi connectivity index (χ1v) is 15.9. The molecule has 5 nitrogen and oxygen atoms in total. The number of fused-ring (bicyclic) bond motifs is 4. The molecule has 2 aromatic heterocycles. The molecule has 0 spiro atoms. The molecule has 0 aliphatic carbocycles. The molecule has 0 unspecified atom stereocenters. The molecule has 0 amide bonds. The number of hydrogen-bond donors (Lipinski definition) is 1. The fourth-order valence-corrected chi connectivity index (χ4v) is 7.59. The maximum absolute atomic E-state index is 13.0. The number of carbonyl (C=O) groups is 1. The molecule has 0 radical (unpaired) electrons. The van der Waals surface area contributed by atoms with Crippen molar-refractivity contribution in [1.82, 2.24) is 9.55 Å². The summed E-state index contributed by atoms with van der Waals surface area (Å²) in [6.45, 7) is 0. The summed E-state index contributed by atoms with van der Waals surface area (Å²) in [5.41, 5.74) is 7.06. The zero-order valence-corrected chi connectivity index (χ0v) is 24.8. The molecular formula is C36H27N3O2S2. The molecule has 0 bridgehead atoms. The Morgan fingerprint density at radius 3 is 2.28 bits per heavy atom. The molecule has 0 atom stereocenters. The first-order valence-electron chi connectivity index (χ1n) is 14.1. The third-order valence-electron chi connectivity index (χ3n) is 7.61. The van der Waals surface area contributed by atoms with Gasteiger partial charge in [-0.2, -0.15) is 0 Å². The highest BCUT2D eigenvalue weighted by Crippen LogP contribution is 2.34. The maximum atomic E-state index is 13.0. The van der Waals surface area contributed by atoms with Crippen molar-refractivity contribution in [3.05, 3.63) is 138 Å². The smallest absolute Gasteiger partial charge is 0.193 e. The fraction of sp³-hybridized carbons (Fsp3) is 0.0833. The minimum Gasteiger partial charge on any atom is -0.411 e. The second-order valence-electron chi connectivity index (χ2n) is 10.3. The number of rotatable bonds is 9. The van der Waals surface area contributed by atoms with Gasteiger partial charge in [0.2, 0.25) is 0 Å². The van der Waals surface area contributed by atoms with E-state index in [4.69, 9.17) is 4.98 Å². The lowest BCUT2D eigenvalue weighted by molar-refractivity contribution is 0.103. The highest BCUT2D eigenvalue weighted by Gasteiger charge is 2.16. The highest BCUT2D eigenvalue weighted by molar-refractivity contribution is 8.01. The molecular weight excluding hydrogens is 571 g/mol. The number of benzene rings is 5. The van der Waals surface area contributed by atoms with Crippen LogP contribution >= 0.6 is 23.1 Å². The highest BCUT2D eigenvalue weighted by atomic mass is 32.2. The number of aromatic nitrogens is 2. The fourth-order valence-electron chi connectivity index (χ4n) is 5.51. The van der Waals surface area contributed by atoms with Gasteiger partial charge in [0, 0.05) is 38.9 Å². The van der Waals surface area contributed by atoms with Crippen molar-refractivity contribution in [3.63, 3.8) is 0 Å². The van der Waals surface area contributed by atoms with Crippen LogP contribution in [0.4, 0.5) is 0 Å². The van der Waals surface area contributed by atoms with E-state index < -0.39 is 0 Å². The molecule has 1 N–H and O–H groups in total. The van der Waals surface area contributed by atoms with Crippen LogP contribution in [0.3, 0.4) is 0 Å². The van der Waals surface area contributed by atoms with Crippen LogP contribution in [0.5, 0.6) is 0 Å². The first-order chi connectivity index (χ1) is 21.2. The molecule has 43 heavy (non-hydrogen) atoms. The van der Waals surface area contributed by atoms with Crippen molar-refractivity contribution < 1.29 is 10.0 Å².